The number of nitrogens with one attached hydrogen (secondary N) is 2. The van der Waals surface area contributed by atoms with E-state index in [9.17, 15) is 9.18 Å². The summed E-state index contributed by atoms with van der Waals surface area (Å²) in [5, 5.41) is 9.58. The first-order valence-electron chi connectivity index (χ1n) is 6.89. The van der Waals surface area contributed by atoms with Crippen LogP contribution >= 0.6 is 0 Å². The molecule has 6 heteroatoms. The summed E-state index contributed by atoms with van der Waals surface area (Å²) in [6.45, 7) is 1.75. The van der Waals surface area contributed by atoms with Crippen molar-refractivity contribution in [2.75, 3.05) is 10.6 Å². The number of hydrogen-bond donors (Lipinski definition) is 2. The number of para-hydroxylation sites is 1. The van der Waals surface area contributed by atoms with Gasteiger partial charge in [0, 0.05) is 12.1 Å². The predicted octanol–water partition coefficient (Wildman–Crippen LogP) is 2.88. The molecule has 1 amide bonds. The minimum absolute atomic E-state index is 0.0501. The molecule has 110 valence electrons. The van der Waals surface area contributed by atoms with Gasteiger partial charge in [0.2, 0.25) is 5.91 Å². The molecule has 0 spiro atoms. The molecule has 0 bridgehead atoms. The summed E-state index contributed by atoms with van der Waals surface area (Å²) in [7, 11) is 0. The molecule has 0 saturated heterocycles. The van der Waals surface area contributed by atoms with Crippen LogP contribution in [0.2, 0.25) is 0 Å². The van der Waals surface area contributed by atoms with E-state index in [0.29, 0.717) is 23.2 Å². The number of hydrogen-bond acceptors (Lipinski definition) is 4. The van der Waals surface area contributed by atoms with Crippen molar-refractivity contribution in [1.82, 2.24) is 5.16 Å². The van der Waals surface area contributed by atoms with E-state index in [-0.39, 0.29) is 18.0 Å². The quantitative estimate of drug-likeness (QED) is 0.888. The normalized spacial score (nSPS) is 14.0. The third kappa shape index (κ3) is 3.39. The molecule has 21 heavy (non-hydrogen) atoms. The number of aryl methyl sites for hydroxylation is 1. The minimum atomic E-state index is -0.453. The van der Waals surface area contributed by atoms with E-state index in [4.69, 9.17) is 4.52 Å². The highest BCUT2D eigenvalue weighted by Gasteiger charge is 2.23. The van der Waals surface area contributed by atoms with Crippen LogP contribution in [0.5, 0.6) is 0 Å². The summed E-state index contributed by atoms with van der Waals surface area (Å²) in [6.07, 6.45) is 2.19. The van der Waals surface area contributed by atoms with E-state index in [2.05, 4.69) is 15.8 Å². The van der Waals surface area contributed by atoms with Crippen LogP contribution in [-0.4, -0.2) is 17.1 Å². The van der Waals surface area contributed by atoms with Gasteiger partial charge in [-0.1, -0.05) is 11.2 Å². The smallest absolute Gasteiger partial charge is 0.230 e. The molecule has 3 rings (SSSR count). The number of amides is 1. The lowest BCUT2D eigenvalue weighted by molar-refractivity contribution is -0.115. The third-order valence-electron chi connectivity index (χ3n) is 3.23. The van der Waals surface area contributed by atoms with Crippen LogP contribution in [-0.2, 0) is 11.2 Å². The summed E-state index contributed by atoms with van der Waals surface area (Å²) in [5.41, 5.74) is 1.33. The Morgan fingerprint density at radius 2 is 2.29 bits per heavy atom. The maximum Gasteiger partial charge on any atom is 0.230 e. The third-order valence-corrected chi connectivity index (χ3v) is 3.23. The number of aromatic nitrogens is 1. The van der Waals surface area contributed by atoms with Crippen molar-refractivity contribution in [3.8, 4) is 0 Å². The molecule has 1 aromatic carbocycles. The Labute approximate surface area is 121 Å². The van der Waals surface area contributed by atoms with Crippen LogP contribution in [0.4, 0.5) is 15.8 Å². The van der Waals surface area contributed by atoms with Crippen molar-refractivity contribution in [2.45, 2.75) is 32.2 Å². The Morgan fingerprint density at radius 1 is 1.48 bits per heavy atom. The van der Waals surface area contributed by atoms with E-state index in [1.165, 1.54) is 6.07 Å². The van der Waals surface area contributed by atoms with Gasteiger partial charge in [-0.15, -0.1) is 0 Å². The zero-order valence-corrected chi connectivity index (χ0v) is 11.6. The fraction of sp³-hybridized carbons (Fsp3) is 0.333. The molecule has 0 atom stereocenters. The Kier molecular flexibility index (Phi) is 3.60. The summed E-state index contributed by atoms with van der Waals surface area (Å²) in [6, 6.07) is 6.77. The van der Waals surface area contributed by atoms with Gasteiger partial charge in [0.15, 0.2) is 0 Å². The van der Waals surface area contributed by atoms with Crippen molar-refractivity contribution >= 4 is 17.3 Å². The van der Waals surface area contributed by atoms with Crippen LogP contribution in [0.3, 0.4) is 0 Å². The average molecular weight is 289 g/mol. The van der Waals surface area contributed by atoms with Gasteiger partial charge in [0.25, 0.3) is 0 Å². The zero-order valence-electron chi connectivity index (χ0n) is 11.6. The molecule has 1 aliphatic rings. The maximum absolute atomic E-state index is 13.9. The lowest BCUT2D eigenvalue weighted by atomic mass is 10.2. The molecule has 0 unspecified atom stereocenters. The highest BCUT2D eigenvalue weighted by molar-refractivity contribution is 5.95. The van der Waals surface area contributed by atoms with Crippen molar-refractivity contribution in [3.05, 3.63) is 41.5 Å². The summed E-state index contributed by atoms with van der Waals surface area (Å²) in [4.78, 5) is 12.0. The van der Waals surface area contributed by atoms with Crippen LogP contribution in [0.1, 0.15) is 24.3 Å². The van der Waals surface area contributed by atoms with Gasteiger partial charge in [-0.25, -0.2) is 4.39 Å². The number of carbonyl (C=O) groups is 1. The van der Waals surface area contributed by atoms with Gasteiger partial charge >= 0.3 is 0 Å². The molecule has 1 heterocycles. The second-order valence-corrected chi connectivity index (χ2v) is 5.23. The first-order chi connectivity index (χ1) is 10.1. The van der Waals surface area contributed by atoms with E-state index in [0.717, 1.165) is 12.8 Å². The molecule has 5 nitrogen and oxygen atoms in total. The molecule has 1 aliphatic carbocycles. The van der Waals surface area contributed by atoms with Crippen molar-refractivity contribution < 1.29 is 13.7 Å². The summed E-state index contributed by atoms with van der Waals surface area (Å²) < 4.78 is 18.8. The highest BCUT2D eigenvalue weighted by Crippen LogP contribution is 2.31. The Hall–Kier alpha value is -2.37. The SMILES string of the molecule is Cc1cc(CC(=O)Nc2c(F)cccc2NC2CC2)no1. The first-order valence-corrected chi connectivity index (χ1v) is 6.89. The Bertz CT molecular complexity index is 665. The van der Waals surface area contributed by atoms with Gasteiger partial charge in [0.05, 0.1) is 17.8 Å². The first kappa shape index (κ1) is 13.6. The maximum atomic E-state index is 13.9. The fourth-order valence-corrected chi connectivity index (χ4v) is 2.07. The number of halogens is 1. The number of rotatable bonds is 5. The molecule has 2 aromatic rings. The Balaban J connectivity index is 1.72. The van der Waals surface area contributed by atoms with E-state index < -0.39 is 5.82 Å². The standard InChI is InChI=1S/C15H16FN3O2/c1-9-7-11(19-21-9)8-14(20)18-15-12(16)3-2-4-13(15)17-10-5-6-10/h2-4,7,10,17H,5-6,8H2,1H3,(H,18,20). The second kappa shape index (κ2) is 5.55. The van der Waals surface area contributed by atoms with Crippen LogP contribution in [0.25, 0.3) is 0 Å². The minimum Gasteiger partial charge on any atom is -0.381 e. The average Bonchev–Trinajstić information content (AvgIpc) is 3.16. The van der Waals surface area contributed by atoms with Gasteiger partial charge in [-0.3, -0.25) is 4.79 Å². The number of anilines is 2. The predicted molar refractivity (Wildman–Crippen MR) is 76.6 cm³/mol. The molecular weight excluding hydrogens is 273 g/mol. The largest absolute Gasteiger partial charge is 0.381 e. The lowest BCUT2D eigenvalue weighted by Gasteiger charge is -2.13. The lowest BCUT2D eigenvalue weighted by Crippen LogP contribution is -2.17. The van der Waals surface area contributed by atoms with E-state index >= 15 is 0 Å². The number of carbonyl (C=O) groups excluding carboxylic acids is 1. The van der Waals surface area contributed by atoms with Gasteiger partial charge in [0.1, 0.15) is 17.3 Å². The van der Waals surface area contributed by atoms with E-state index in [1.54, 1.807) is 25.1 Å². The molecule has 1 fully saturated rings. The topological polar surface area (TPSA) is 67.2 Å². The van der Waals surface area contributed by atoms with Crippen LogP contribution < -0.4 is 10.6 Å². The number of nitrogens with zero attached hydrogens (tertiary/aromatic N) is 1. The molecule has 1 saturated carbocycles. The molecule has 2 N–H and O–H groups in total. The van der Waals surface area contributed by atoms with Crippen molar-refractivity contribution in [1.29, 1.82) is 0 Å². The van der Waals surface area contributed by atoms with Gasteiger partial charge in [-0.05, 0) is 31.9 Å². The Morgan fingerprint density at radius 3 is 2.95 bits per heavy atom. The molecule has 1 aromatic heterocycles. The zero-order chi connectivity index (χ0) is 14.8. The second-order valence-electron chi connectivity index (χ2n) is 5.23. The highest BCUT2D eigenvalue weighted by atomic mass is 19.1. The van der Waals surface area contributed by atoms with Crippen molar-refractivity contribution in [2.24, 2.45) is 0 Å². The van der Waals surface area contributed by atoms with E-state index in [1.807, 2.05) is 0 Å². The number of benzene rings is 1. The van der Waals surface area contributed by atoms with Crippen molar-refractivity contribution in [3.63, 3.8) is 0 Å². The van der Waals surface area contributed by atoms with Gasteiger partial charge < -0.3 is 15.2 Å². The molecule has 0 radical (unpaired) electrons. The van der Waals surface area contributed by atoms with Crippen LogP contribution in [0.15, 0.2) is 28.8 Å². The molecule has 0 aliphatic heterocycles. The summed E-state index contributed by atoms with van der Waals surface area (Å²) in [5.74, 6) is -0.141. The molecular formula is C15H16FN3O2. The van der Waals surface area contributed by atoms with Crippen LogP contribution in [0, 0.1) is 12.7 Å². The van der Waals surface area contributed by atoms with Gasteiger partial charge in [-0.2, -0.15) is 0 Å². The fourth-order valence-electron chi connectivity index (χ4n) is 2.07. The monoisotopic (exact) mass is 289 g/mol. The summed E-state index contributed by atoms with van der Waals surface area (Å²) >= 11 is 0.